The van der Waals surface area contributed by atoms with E-state index in [9.17, 15) is 62.3 Å². The zero-order chi connectivity index (χ0) is 54.3. The van der Waals surface area contributed by atoms with Gasteiger partial charge in [-0.05, 0) is 110 Å². The minimum absolute atomic E-state index is 0.00336. The zero-order valence-corrected chi connectivity index (χ0v) is 40.5. The summed E-state index contributed by atoms with van der Waals surface area (Å²) < 4.78 is 172. The Bertz CT molecular complexity index is 3200. The van der Waals surface area contributed by atoms with Gasteiger partial charge in [-0.25, -0.2) is 4.98 Å². The largest absolute Gasteiger partial charge is 0.469 e. The van der Waals surface area contributed by atoms with Gasteiger partial charge in [0.15, 0.2) is 0 Å². The molecule has 2 aromatic heterocycles. The fraction of sp³-hybridized carbons (Fsp3) is 0.385. The SMILES string of the molecule is CC[C@H]1c2cc3[nH]c4c(c5nc(cc6nc(cc([nH]2)[C@@H]1C)C(C(C)=NCc1cc(C(F)(F)F)cc(C(F)(F)F)c1)=C6C)[C@@H](C)[C@@H]5CCC(=O)OC)C(=O)N(Cc1cc(C(F)(F)F)cc(C(F)(F)F)c1)C(=O)c4c3C. The lowest BCUT2D eigenvalue weighted by Gasteiger charge is -2.27. The molecule has 6 heterocycles. The Kier molecular flexibility index (Phi) is 13.7. The number of nitrogens with one attached hydrogen (secondary N) is 2. The average molecular weight is 1050 g/mol. The van der Waals surface area contributed by atoms with E-state index in [4.69, 9.17) is 14.7 Å². The van der Waals surface area contributed by atoms with Crippen molar-refractivity contribution in [1.82, 2.24) is 24.8 Å². The van der Waals surface area contributed by atoms with Crippen LogP contribution in [0, 0.1) is 6.92 Å². The number of aryl methyl sites for hydroxylation is 1. The van der Waals surface area contributed by atoms with Crippen molar-refractivity contribution in [3.8, 4) is 0 Å². The van der Waals surface area contributed by atoms with Crippen molar-refractivity contribution >= 4 is 45.7 Å². The summed E-state index contributed by atoms with van der Waals surface area (Å²) in [5.74, 6) is -4.67. The third-order valence-electron chi connectivity index (χ3n) is 14.1. The lowest BCUT2D eigenvalue weighted by Crippen LogP contribution is -2.40. The molecule has 8 rings (SSSR count). The standard InChI is InChI=1S/C52H46F12N6O4/c1-8-33-22(2)35-19-40-42(26(6)65-20-27-11-29(49(53,54)55)15-30(12-27)50(56,57)58)24(4)37(67-40)17-36-23(3)34(9-10-41(71)74-7)45(68-36)44-46-43(25(5)38(69-46)18-39(33)66-35)47(72)70(48(44)73)21-28-13-31(51(59,60)61)16-32(14-28)52(62,63)64/h11-19,22-23,33-34,66,69H,8-10,20-21H2,1-7H3/t22-,23+,33-,34+/m1/s1. The molecular weight excluding hydrogens is 1000 g/mol. The summed E-state index contributed by atoms with van der Waals surface area (Å²) in [6, 6.07) is 7.11. The number of esters is 1. The number of hydrogen-bond donors (Lipinski definition) is 2. The van der Waals surface area contributed by atoms with E-state index >= 15 is 4.79 Å². The smallest absolute Gasteiger partial charge is 0.416 e. The number of methoxy groups -OCH3 is 1. The van der Waals surface area contributed by atoms with E-state index in [1.165, 1.54) is 14.0 Å². The van der Waals surface area contributed by atoms with Gasteiger partial charge in [0.05, 0.1) is 76.2 Å². The average Bonchev–Trinajstić information content (AvgIpc) is 4.00. The first-order chi connectivity index (χ1) is 34.4. The maximum absolute atomic E-state index is 15.1. The number of ether oxygens (including phenoxy) is 1. The number of nitrogens with zero attached hydrogens (tertiary/aromatic N) is 4. The Hall–Kier alpha value is -7.00. The first-order valence-corrected chi connectivity index (χ1v) is 23.2. The van der Waals surface area contributed by atoms with Crippen molar-refractivity contribution in [3.05, 3.63) is 139 Å². The van der Waals surface area contributed by atoms with Crippen LogP contribution in [0.25, 0.3) is 22.2 Å². The molecule has 0 spiro atoms. The van der Waals surface area contributed by atoms with Gasteiger partial charge in [-0.3, -0.25) is 29.3 Å². The number of aromatic nitrogens is 4. The third kappa shape index (κ3) is 10.0. The summed E-state index contributed by atoms with van der Waals surface area (Å²) in [7, 11) is 1.17. The molecular formula is C52H46F12N6O4. The Balaban J connectivity index is 1.39. The molecule has 10 nitrogen and oxygen atoms in total. The molecule has 22 heteroatoms. The van der Waals surface area contributed by atoms with Gasteiger partial charge in [0.1, 0.15) is 0 Å². The number of halogens is 12. The van der Waals surface area contributed by atoms with Crippen molar-refractivity contribution in [1.29, 1.82) is 0 Å². The highest BCUT2D eigenvalue weighted by molar-refractivity contribution is 6.29. The second-order valence-electron chi connectivity index (χ2n) is 18.8. The van der Waals surface area contributed by atoms with E-state index in [2.05, 4.69) is 15.0 Å². The van der Waals surface area contributed by atoms with E-state index in [0.717, 1.165) is 0 Å². The summed E-state index contributed by atoms with van der Waals surface area (Å²) in [5.41, 5.74) is -3.76. The lowest BCUT2D eigenvalue weighted by molar-refractivity contribution is -0.144. The van der Waals surface area contributed by atoms with Crippen LogP contribution in [0.1, 0.15) is 171 Å². The summed E-state index contributed by atoms with van der Waals surface area (Å²) in [6.45, 7) is 8.79. The van der Waals surface area contributed by atoms with E-state index < -0.39 is 95.2 Å². The molecule has 74 heavy (non-hydrogen) atoms. The van der Waals surface area contributed by atoms with Gasteiger partial charge < -0.3 is 14.7 Å². The topological polar surface area (TPSA) is 133 Å². The molecule has 0 unspecified atom stereocenters. The van der Waals surface area contributed by atoms with Gasteiger partial charge in [0.2, 0.25) is 0 Å². The van der Waals surface area contributed by atoms with Crippen molar-refractivity contribution in [3.63, 3.8) is 0 Å². The number of rotatable bonds is 9. The maximum atomic E-state index is 15.1. The monoisotopic (exact) mass is 1050 g/mol. The van der Waals surface area contributed by atoms with Gasteiger partial charge in [0, 0.05) is 64.0 Å². The highest BCUT2D eigenvalue weighted by Gasteiger charge is 2.43. The predicted octanol–water partition coefficient (Wildman–Crippen LogP) is 13.9. The molecule has 4 aromatic rings. The van der Waals surface area contributed by atoms with Gasteiger partial charge in [-0.15, -0.1) is 0 Å². The summed E-state index contributed by atoms with van der Waals surface area (Å²) in [4.78, 5) is 64.1. The molecule has 0 fully saturated rings. The summed E-state index contributed by atoms with van der Waals surface area (Å²) >= 11 is 0. The van der Waals surface area contributed by atoms with Crippen LogP contribution in [0.5, 0.6) is 0 Å². The van der Waals surface area contributed by atoms with Crippen molar-refractivity contribution in [2.45, 2.75) is 122 Å². The fourth-order valence-electron chi connectivity index (χ4n) is 10.2. The first kappa shape index (κ1) is 53.3. The molecule has 0 radical (unpaired) electrons. The van der Waals surface area contributed by atoms with Gasteiger partial charge in [-0.1, -0.05) is 20.8 Å². The number of H-pyrrole nitrogens is 2. The van der Waals surface area contributed by atoms with E-state index in [0.29, 0.717) is 75.0 Å². The Labute approximate surface area is 414 Å². The molecule has 2 amide bonds. The van der Waals surface area contributed by atoms with Crippen LogP contribution in [-0.2, 0) is 47.3 Å². The van der Waals surface area contributed by atoms with Crippen LogP contribution < -0.4 is 0 Å². The van der Waals surface area contributed by atoms with Crippen LogP contribution in [0.2, 0.25) is 0 Å². The number of carbonyl (C=O) groups excluding carboxylic acids is 3. The number of aliphatic imine (C=N–C) groups is 1. The van der Waals surface area contributed by atoms with Crippen LogP contribution in [0.3, 0.4) is 0 Å². The molecule has 4 aliphatic heterocycles. The van der Waals surface area contributed by atoms with Crippen LogP contribution in [-0.4, -0.2) is 55.4 Å². The zero-order valence-electron chi connectivity index (χ0n) is 40.5. The van der Waals surface area contributed by atoms with Gasteiger partial charge >= 0.3 is 30.7 Å². The third-order valence-corrected chi connectivity index (χ3v) is 14.1. The normalized spacial score (nSPS) is 19.1. The second kappa shape index (κ2) is 19.0. The Morgan fingerprint density at radius 3 is 1.78 bits per heavy atom. The predicted molar refractivity (Wildman–Crippen MR) is 247 cm³/mol. The second-order valence-corrected chi connectivity index (χ2v) is 18.8. The van der Waals surface area contributed by atoms with Crippen molar-refractivity contribution in [2.24, 2.45) is 4.99 Å². The van der Waals surface area contributed by atoms with Crippen LogP contribution in [0.4, 0.5) is 52.7 Å². The number of allylic oxidation sites excluding steroid dienone is 2. The summed E-state index contributed by atoms with van der Waals surface area (Å²) in [6.07, 6.45) is -20.3. The van der Waals surface area contributed by atoms with Gasteiger partial charge in [0.25, 0.3) is 11.8 Å². The van der Waals surface area contributed by atoms with Crippen LogP contribution >= 0.6 is 0 Å². The quantitative estimate of drug-likeness (QED) is 0.0742. The first-order valence-electron chi connectivity index (χ1n) is 23.2. The van der Waals surface area contributed by atoms with Crippen molar-refractivity contribution in [2.75, 3.05) is 7.11 Å². The highest BCUT2D eigenvalue weighted by atomic mass is 19.4. The lowest BCUT2D eigenvalue weighted by atomic mass is 9.84. The number of amides is 2. The molecule has 0 aliphatic carbocycles. The van der Waals surface area contributed by atoms with E-state index in [1.807, 2.05) is 13.8 Å². The number of imide groups is 1. The molecule has 2 N–H and O–H groups in total. The Morgan fingerprint density at radius 2 is 1.24 bits per heavy atom. The van der Waals surface area contributed by atoms with E-state index in [-0.39, 0.29) is 81.7 Å². The number of fused-ring (bicyclic) bond motifs is 8. The van der Waals surface area contributed by atoms with Gasteiger partial charge in [-0.2, -0.15) is 52.7 Å². The molecule has 0 saturated heterocycles. The molecule has 392 valence electrons. The molecule has 0 saturated carbocycles. The minimum atomic E-state index is -5.24. The number of hydrogen-bond acceptors (Lipinski definition) is 7. The number of carbonyl (C=O) groups is 3. The number of benzene rings is 2. The Morgan fingerprint density at radius 1 is 0.689 bits per heavy atom. The minimum Gasteiger partial charge on any atom is -0.469 e. The fourth-order valence-corrected chi connectivity index (χ4v) is 10.2. The maximum Gasteiger partial charge on any atom is 0.416 e. The van der Waals surface area contributed by atoms with Crippen molar-refractivity contribution < 1.29 is 71.8 Å². The molecule has 4 aliphatic rings. The molecule has 2 aromatic carbocycles. The number of alkyl halides is 12. The van der Waals surface area contributed by atoms with Crippen LogP contribution in [0.15, 0.2) is 59.6 Å². The number of aromatic amines is 2. The molecule has 4 atom stereocenters. The summed E-state index contributed by atoms with van der Waals surface area (Å²) in [5, 5.41) is 0. The van der Waals surface area contributed by atoms with E-state index in [1.54, 1.807) is 39.0 Å². The molecule has 8 bridgehead atoms. The highest BCUT2D eigenvalue weighted by Crippen LogP contribution is 2.47.